The third kappa shape index (κ3) is 8.33. The topological polar surface area (TPSA) is 36.9 Å². The molecule has 0 heterocycles. The van der Waals surface area contributed by atoms with Gasteiger partial charge in [0.15, 0.2) is 22.3 Å². The lowest BCUT2D eigenvalue weighted by Gasteiger charge is -2.22. The van der Waals surface area contributed by atoms with Crippen molar-refractivity contribution in [2.75, 3.05) is 13.4 Å². The monoisotopic (exact) mass is 657 g/mol. The Morgan fingerprint density at radius 1 is 0.542 bits per heavy atom. The molecule has 0 fully saturated rings. The molecule has 0 N–H and O–H groups in total. The van der Waals surface area contributed by atoms with Gasteiger partial charge < -0.3 is 18.9 Å². The van der Waals surface area contributed by atoms with Crippen molar-refractivity contribution in [1.29, 1.82) is 0 Å². The number of hydrogen-bond donors (Lipinski definition) is 0. The summed E-state index contributed by atoms with van der Waals surface area (Å²) in [7, 11) is -0.510. The van der Waals surface area contributed by atoms with Crippen LogP contribution in [0.5, 0.6) is 17.2 Å². The van der Waals surface area contributed by atoms with Gasteiger partial charge in [0, 0.05) is 12.1 Å². The lowest BCUT2D eigenvalue weighted by atomic mass is 9.96. The van der Waals surface area contributed by atoms with Crippen LogP contribution < -0.4 is 14.2 Å². The highest BCUT2D eigenvalue weighted by atomic mass is 32.2. The van der Waals surface area contributed by atoms with Crippen LogP contribution in [-0.4, -0.2) is 24.6 Å². The smallest absolute Gasteiger partial charge is 0.208 e. The Morgan fingerprint density at radius 3 is 1.75 bits per heavy atom. The fourth-order valence-corrected chi connectivity index (χ4v) is 8.07. The van der Waals surface area contributed by atoms with Gasteiger partial charge in [-0.3, -0.25) is 0 Å². The van der Waals surface area contributed by atoms with E-state index in [1.54, 1.807) is 0 Å². The summed E-state index contributed by atoms with van der Waals surface area (Å²) in [5.41, 5.74) is 0.658. The highest BCUT2D eigenvalue weighted by Gasteiger charge is 2.33. The SMILES string of the molecule is CC(C)(C)Oc1cccc([S+](c2cccc(OC(C)(C)C)c2)c2ccccc2OCOCCc2cc3ccccc3c3ccccc23)c1. The summed E-state index contributed by atoms with van der Waals surface area (Å²) in [5, 5.41) is 5.07. The van der Waals surface area contributed by atoms with Crippen LogP contribution in [-0.2, 0) is 22.1 Å². The van der Waals surface area contributed by atoms with Crippen molar-refractivity contribution in [1.82, 2.24) is 0 Å². The lowest BCUT2D eigenvalue weighted by Crippen LogP contribution is -2.23. The third-order valence-electron chi connectivity index (χ3n) is 7.67. The fourth-order valence-electron chi connectivity index (χ4n) is 5.85. The summed E-state index contributed by atoms with van der Waals surface area (Å²) in [6.45, 7) is 13.1. The molecule has 0 bridgehead atoms. The molecule has 6 rings (SSSR count). The van der Waals surface area contributed by atoms with Crippen LogP contribution in [0.1, 0.15) is 47.1 Å². The first-order chi connectivity index (χ1) is 23.0. The van der Waals surface area contributed by atoms with E-state index in [0.717, 1.165) is 38.4 Å². The van der Waals surface area contributed by atoms with Crippen molar-refractivity contribution in [3.63, 3.8) is 0 Å². The zero-order valence-corrected chi connectivity index (χ0v) is 29.6. The van der Waals surface area contributed by atoms with E-state index in [1.165, 1.54) is 27.1 Å². The van der Waals surface area contributed by atoms with Gasteiger partial charge >= 0.3 is 0 Å². The van der Waals surface area contributed by atoms with Crippen molar-refractivity contribution < 1.29 is 18.9 Å². The van der Waals surface area contributed by atoms with E-state index in [0.29, 0.717) is 6.61 Å². The molecule has 0 saturated carbocycles. The Morgan fingerprint density at radius 2 is 1.10 bits per heavy atom. The minimum atomic E-state index is -0.510. The lowest BCUT2D eigenvalue weighted by molar-refractivity contribution is 0.0154. The number of para-hydroxylation sites is 1. The summed E-state index contributed by atoms with van der Waals surface area (Å²) in [4.78, 5) is 3.33. The second-order valence-corrected chi connectivity index (χ2v) is 15.8. The Balaban J connectivity index is 1.25. The summed E-state index contributed by atoms with van der Waals surface area (Å²) < 4.78 is 25.1. The first-order valence-electron chi connectivity index (χ1n) is 16.6. The molecule has 4 nitrogen and oxygen atoms in total. The van der Waals surface area contributed by atoms with Crippen LogP contribution in [0.2, 0.25) is 0 Å². The fraction of sp³-hybridized carbons (Fsp3) is 0.256. The Bertz CT molecular complexity index is 1940. The number of benzene rings is 6. The number of fused-ring (bicyclic) bond motifs is 3. The van der Waals surface area contributed by atoms with Crippen molar-refractivity contribution >= 4 is 32.4 Å². The molecule has 0 amide bonds. The van der Waals surface area contributed by atoms with Crippen LogP contribution in [0, 0.1) is 0 Å². The highest BCUT2D eigenvalue weighted by molar-refractivity contribution is 7.97. The van der Waals surface area contributed by atoms with Crippen molar-refractivity contribution in [2.24, 2.45) is 0 Å². The van der Waals surface area contributed by atoms with Gasteiger partial charge in [-0.25, -0.2) is 0 Å². The second kappa shape index (κ2) is 14.3. The largest absolute Gasteiger partial charge is 0.488 e. The quantitative estimate of drug-likeness (QED) is 0.0601. The average Bonchev–Trinajstić information content (AvgIpc) is 3.04. The Kier molecular flexibility index (Phi) is 10.00. The minimum absolute atomic E-state index is 0.153. The minimum Gasteiger partial charge on any atom is -0.488 e. The molecule has 0 saturated heterocycles. The van der Waals surface area contributed by atoms with Crippen LogP contribution in [0.25, 0.3) is 21.5 Å². The van der Waals surface area contributed by atoms with Gasteiger partial charge in [-0.1, -0.05) is 78.9 Å². The molecular formula is C43H45O4S+. The van der Waals surface area contributed by atoms with E-state index in [4.69, 9.17) is 18.9 Å². The molecule has 246 valence electrons. The summed E-state index contributed by atoms with van der Waals surface area (Å²) in [6.07, 6.45) is 0.794. The van der Waals surface area contributed by atoms with Crippen LogP contribution in [0.4, 0.5) is 0 Å². The number of rotatable bonds is 11. The zero-order chi connectivity index (χ0) is 33.7. The average molecular weight is 658 g/mol. The summed E-state index contributed by atoms with van der Waals surface area (Å²) in [5.74, 6) is 2.46. The second-order valence-electron chi connectivity index (χ2n) is 13.9. The van der Waals surface area contributed by atoms with E-state index >= 15 is 0 Å². The molecule has 0 aliphatic carbocycles. The maximum Gasteiger partial charge on any atom is 0.208 e. The summed E-state index contributed by atoms with van der Waals surface area (Å²) >= 11 is 0. The maximum atomic E-state index is 6.40. The first kappa shape index (κ1) is 33.5. The van der Waals surface area contributed by atoms with Gasteiger partial charge in [0.05, 0.1) is 6.61 Å². The standard InChI is InChI=1S/C43H45O4S/c1-42(2,3)46-33-16-13-18-35(28-33)48(36-19-14-17-34(29-36)47-43(4,5)6)41-24-12-11-23-40(41)45-30-44-26-25-32-27-31-15-7-8-20-37(31)39-22-10-9-21-38(32)39/h7-24,27-29H,25-26,30H2,1-6H3/q+1. The molecule has 0 aliphatic heterocycles. The normalized spacial score (nSPS) is 12.1. The van der Waals surface area contributed by atoms with E-state index in [2.05, 4.69) is 145 Å². The van der Waals surface area contributed by atoms with Crippen LogP contribution in [0.3, 0.4) is 0 Å². The highest BCUT2D eigenvalue weighted by Crippen LogP contribution is 2.39. The van der Waals surface area contributed by atoms with E-state index in [1.807, 2.05) is 24.3 Å². The molecule has 0 spiro atoms. The van der Waals surface area contributed by atoms with Gasteiger partial charge in [-0.05, 0) is 111 Å². The van der Waals surface area contributed by atoms with Crippen LogP contribution >= 0.6 is 0 Å². The van der Waals surface area contributed by atoms with Crippen molar-refractivity contribution in [3.05, 3.63) is 133 Å². The van der Waals surface area contributed by atoms with Gasteiger partial charge in [-0.2, -0.15) is 0 Å². The molecule has 0 radical (unpaired) electrons. The Labute approximate surface area is 288 Å². The molecule has 0 aliphatic rings. The summed E-state index contributed by atoms with van der Waals surface area (Å²) in [6, 6.07) is 44.5. The van der Waals surface area contributed by atoms with Gasteiger partial charge in [0.25, 0.3) is 0 Å². The first-order valence-corrected chi connectivity index (χ1v) is 17.8. The van der Waals surface area contributed by atoms with Gasteiger partial charge in [-0.15, -0.1) is 0 Å². The third-order valence-corrected chi connectivity index (χ3v) is 9.89. The van der Waals surface area contributed by atoms with E-state index in [-0.39, 0.29) is 18.0 Å². The van der Waals surface area contributed by atoms with Gasteiger partial charge in [0.1, 0.15) is 33.6 Å². The number of hydrogen-bond acceptors (Lipinski definition) is 4. The Hall–Kier alpha value is -4.45. The van der Waals surface area contributed by atoms with Crippen molar-refractivity contribution in [3.8, 4) is 17.2 Å². The molecule has 6 aromatic carbocycles. The molecular weight excluding hydrogens is 613 g/mol. The van der Waals surface area contributed by atoms with Crippen LogP contribution in [0.15, 0.2) is 142 Å². The molecule has 48 heavy (non-hydrogen) atoms. The van der Waals surface area contributed by atoms with E-state index < -0.39 is 10.9 Å². The molecule has 0 unspecified atom stereocenters. The van der Waals surface area contributed by atoms with E-state index in [9.17, 15) is 0 Å². The maximum absolute atomic E-state index is 6.40. The van der Waals surface area contributed by atoms with Gasteiger partial charge in [0.2, 0.25) is 4.90 Å². The molecule has 0 aromatic heterocycles. The molecule has 6 aromatic rings. The predicted octanol–water partition coefficient (Wildman–Crippen LogP) is 11.0. The molecule has 5 heteroatoms. The zero-order valence-electron chi connectivity index (χ0n) is 28.8. The predicted molar refractivity (Wildman–Crippen MR) is 199 cm³/mol. The van der Waals surface area contributed by atoms with Crippen molar-refractivity contribution in [2.45, 2.75) is 73.9 Å². The molecule has 0 atom stereocenters. The number of ether oxygens (including phenoxy) is 4.